The third-order valence-electron chi connectivity index (χ3n) is 4.68. The molecule has 0 spiro atoms. The fourth-order valence-corrected chi connectivity index (χ4v) is 3.22. The summed E-state index contributed by atoms with van der Waals surface area (Å²) in [5.74, 6) is -0.873. The van der Waals surface area contributed by atoms with Crippen molar-refractivity contribution in [3.63, 3.8) is 0 Å². The number of anilines is 1. The van der Waals surface area contributed by atoms with Crippen LogP contribution in [0.5, 0.6) is 0 Å². The van der Waals surface area contributed by atoms with Crippen LogP contribution in [0.2, 0.25) is 0 Å². The summed E-state index contributed by atoms with van der Waals surface area (Å²) in [7, 11) is 0. The highest BCUT2D eigenvalue weighted by Crippen LogP contribution is 2.26. The quantitative estimate of drug-likeness (QED) is 0.732. The fraction of sp³-hybridized carbons (Fsp3) is 0.400. The van der Waals surface area contributed by atoms with E-state index < -0.39 is 5.91 Å². The van der Waals surface area contributed by atoms with Crippen LogP contribution < -0.4 is 21.3 Å². The third kappa shape index (κ3) is 4.76. The molecule has 0 saturated heterocycles. The molecule has 8 heteroatoms. The van der Waals surface area contributed by atoms with Gasteiger partial charge in [-0.05, 0) is 37.0 Å². The number of unbranched alkanes of at least 4 members (excludes halogenated alkanes) is 1. The molecule has 0 aliphatic carbocycles. The first-order valence-electron chi connectivity index (χ1n) is 9.58. The van der Waals surface area contributed by atoms with Crippen molar-refractivity contribution in [1.29, 1.82) is 0 Å². The first kappa shape index (κ1) is 19.6. The van der Waals surface area contributed by atoms with Crippen LogP contribution in [0.25, 0.3) is 0 Å². The average Bonchev–Trinajstić information content (AvgIpc) is 2.71. The van der Waals surface area contributed by atoms with E-state index in [0.29, 0.717) is 6.54 Å². The van der Waals surface area contributed by atoms with E-state index >= 15 is 0 Å². The van der Waals surface area contributed by atoms with Crippen LogP contribution in [0.4, 0.5) is 5.69 Å². The predicted octanol–water partition coefficient (Wildman–Crippen LogP) is 1.26. The van der Waals surface area contributed by atoms with Crippen molar-refractivity contribution in [2.75, 3.05) is 18.0 Å². The Morgan fingerprint density at radius 1 is 1.14 bits per heavy atom. The Bertz CT molecular complexity index is 909. The standard InChI is InChI=1S/C20H25N5O3/c1-2-3-13-25-19(27)11-10-16(23-25)20(28)22-21-18(26)14-24-12-6-8-15-7-4-5-9-17(15)24/h4-5,7,9-11H,2-3,6,8,12-14H2,1H3,(H,21,26)(H,22,28). The number of rotatable bonds is 6. The van der Waals surface area contributed by atoms with Crippen LogP contribution >= 0.6 is 0 Å². The molecule has 0 atom stereocenters. The van der Waals surface area contributed by atoms with E-state index in [-0.39, 0.29) is 23.7 Å². The molecule has 0 fully saturated rings. The molecule has 2 amide bonds. The van der Waals surface area contributed by atoms with Crippen molar-refractivity contribution in [3.05, 3.63) is 58.0 Å². The molecular formula is C20H25N5O3. The molecule has 1 aromatic heterocycles. The highest BCUT2D eigenvalue weighted by atomic mass is 16.2. The van der Waals surface area contributed by atoms with Gasteiger partial charge in [0.05, 0.1) is 6.54 Å². The number of amides is 2. The molecule has 0 unspecified atom stereocenters. The molecule has 2 aromatic rings. The van der Waals surface area contributed by atoms with Gasteiger partial charge in [-0.2, -0.15) is 5.10 Å². The number of hydrogen-bond donors (Lipinski definition) is 2. The Kier molecular flexibility index (Phi) is 6.41. The maximum atomic E-state index is 12.3. The minimum atomic E-state index is -0.558. The SMILES string of the molecule is CCCCn1nc(C(=O)NNC(=O)CN2CCCc3ccccc32)ccc1=O. The molecule has 2 heterocycles. The lowest BCUT2D eigenvalue weighted by Gasteiger charge is -2.30. The summed E-state index contributed by atoms with van der Waals surface area (Å²) in [6.07, 6.45) is 3.70. The maximum Gasteiger partial charge on any atom is 0.290 e. The number of aromatic nitrogens is 2. The van der Waals surface area contributed by atoms with Gasteiger partial charge in [-0.1, -0.05) is 31.5 Å². The van der Waals surface area contributed by atoms with Crippen LogP contribution in [0.3, 0.4) is 0 Å². The van der Waals surface area contributed by atoms with Crippen molar-refractivity contribution in [1.82, 2.24) is 20.6 Å². The second kappa shape index (κ2) is 9.16. The molecule has 28 heavy (non-hydrogen) atoms. The van der Waals surface area contributed by atoms with E-state index in [1.165, 1.54) is 22.4 Å². The highest BCUT2D eigenvalue weighted by molar-refractivity contribution is 5.94. The minimum Gasteiger partial charge on any atom is -0.362 e. The summed E-state index contributed by atoms with van der Waals surface area (Å²) in [4.78, 5) is 38.3. The molecule has 0 saturated carbocycles. The van der Waals surface area contributed by atoms with Crippen LogP contribution in [0.15, 0.2) is 41.2 Å². The average molecular weight is 383 g/mol. The first-order chi connectivity index (χ1) is 13.6. The molecule has 2 N–H and O–H groups in total. The van der Waals surface area contributed by atoms with E-state index in [0.717, 1.165) is 37.9 Å². The molecule has 0 radical (unpaired) electrons. The zero-order chi connectivity index (χ0) is 19.9. The minimum absolute atomic E-state index is 0.0827. The monoisotopic (exact) mass is 383 g/mol. The van der Waals surface area contributed by atoms with E-state index in [2.05, 4.69) is 22.0 Å². The summed E-state index contributed by atoms with van der Waals surface area (Å²) in [5, 5.41) is 4.06. The topological polar surface area (TPSA) is 96.3 Å². The van der Waals surface area contributed by atoms with Crippen molar-refractivity contribution < 1.29 is 9.59 Å². The van der Waals surface area contributed by atoms with Gasteiger partial charge in [-0.3, -0.25) is 25.2 Å². The van der Waals surface area contributed by atoms with Crippen LogP contribution in [-0.2, 0) is 17.8 Å². The molecular weight excluding hydrogens is 358 g/mol. The Hall–Kier alpha value is -3.16. The first-order valence-corrected chi connectivity index (χ1v) is 9.58. The fourth-order valence-electron chi connectivity index (χ4n) is 3.22. The lowest BCUT2D eigenvalue weighted by Crippen LogP contribution is -2.47. The molecule has 0 bridgehead atoms. The van der Waals surface area contributed by atoms with E-state index in [1.54, 1.807) is 0 Å². The van der Waals surface area contributed by atoms with Crippen LogP contribution in [0.1, 0.15) is 42.2 Å². The Balaban J connectivity index is 1.56. The smallest absolute Gasteiger partial charge is 0.290 e. The Labute approximate surface area is 163 Å². The molecule has 1 aromatic carbocycles. The number of aryl methyl sites for hydroxylation is 2. The van der Waals surface area contributed by atoms with Crippen molar-refractivity contribution in [2.24, 2.45) is 0 Å². The van der Waals surface area contributed by atoms with Gasteiger partial charge in [-0.15, -0.1) is 0 Å². The lowest BCUT2D eigenvalue weighted by atomic mass is 10.0. The second-order valence-electron chi connectivity index (χ2n) is 6.79. The van der Waals surface area contributed by atoms with E-state index in [9.17, 15) is 14.4 Å². The van der Waals surface area contributed by atoms with E-state index in [4.69, 9.17) is 0 Å². The van der Waals surface area contributed by atoms with E-state index in [1.807, 2.05) is 30.0 Å². The zero-order valence-corrected chi connectivity index (χ0v) is 16.0. The van der Waals surface area contributed by atoms with Gasteiger partial charge >= 0.3 is 0 Å². The molecule has 148 valence electrons. The summed E-state index contributed by atoms with van der Waals surface area (Å²) >= 11 is 0. The number of para-hydroxylation sites is 1. The van der Waals surface area contributed by atoms with Gasteiger partial charge in [-0.25, -0.2) is 4.68 Å². The Morgan fingerprint density at radius 2 is 1.96 bits per heavy atom. The second-order valence-corrected chi connectivity index (χ2v) is 6.79. The highest BCUT2D eigenvalue weighted by Gasteiger charge is 2.19. The summed E-state index contributed by atoms with van der Waals surface area (Å²) in [6.45, 7) is 3.41. The van der Waals surface area contributed by atoms with Gasteiger partial charge < -0.3 is 4.90 Å². The third-order valence-corrected chi connectivity index (χ3v) is 4.68. The summed E-state index contributed by atoms with van der Waals surface area (Å²) in [6, 6.07) is 10.7. The number of nitrogens with zero attached hydrogens (tertiary/aromatic N) is 3. The number of carbonyl (C=O) groups excluding carboxylic acids is 2. The molecule has 3 rings (SSSR count). The summed E-state index contributed by atoms with van der Waals surface area (Å²) < 4.78 is 1.27. The van der Waals surface area contributed by atoms with Gasteiger partial charge in [0.1, 0.15) is 0 Å². The van der Waals surface area contributed by atoms with Gasteiger partial charge in [0.25, 0.3) is 17.4 Å². The number of carbonyl (C=O) groups is 2. The molecule has 8 nitrogen and oxygen atoms in total. The van der Waals surface area contributed by atoms with Crippen molar-refractivity contribution >= 4 is 17.5 Å². The molecule has 1 aliphatic heterocycles. The van der Waals surface area contributed by atoms with Crippen molar-refractivity contribution in [3.8, 4) is 0 Å². The number of hydrazine groups is 1. The Morgan fingerprint density at radius 3 is 2.79 bits per heavy atom. The van der Waals surface area contributed by atoms with Gasteiger partial charge in [0.2, 0.25) is 0 Å². The number of benzene rings is 1. The number of nitrogens with one attached hydrogen (secondary N) is 2. The largest absolute Gasteiger partial charge is 0.362 e. The van der Waals surface area contributed by atoms with Gasteiger partial charge in [0.15, 0.2) is 5.69 Å². The van der Waals surface area contributed by atoms with Gasteiger partial charge in [0, 0.05) is 24.8 Å². The molecule has 1 aliphatic rings. The zero-order valence-electron chi connectivity index (χ0n) is 16.0. The lowest BCUT2D eigenvalue weighted by molar-refractivity contribution is -0.120. The maximum absolute atomic E-state index is 12.3. The van der Waals surface area contributed by atoms with Crippen molar-refractivity contribution in [2.45, 2.75) is 39.2 Å². The normalized spacial score (nSPS) is 13.0. The van der Waals surface area contributed by atoms with Crippen LogP contribution in [0, 0.1) is 0 Å². The number of hydrogen-bond acceptors (Lipinski definition) is 5. The number of fused-ring (bicyclic) bond motifs is 1. The predicted molar refractivity (Wildman–Crippen MR) is 106 cm³/mol. The summed E-state index contributed by atoms with van der Waals surface area (Å²) in [5.41, 5.74) is 6.91. The van der Waals surface area contributed by atoms with Crippen LogP contribution in [-0.4, -0.2) is 34.7 Å².